The van der Waals surface area contributed by atoms with E-state index in [1.165, 1.54) is 27.4 Å². The molecule has 66 valence electrons. The van der Waals surface area contributed by atoms with Crippen molar-refractivity contribution in [3.05, 3.63) is 12.7 Å². The summed E-state index contributed by atoms with van der Waals surface area (Å²) in [6, 6.07) is 0. The van der Waals surface area contributed by atoms with E-state index in [0.29, 0.717) is 0 Å². The molecule has 0 aliphatic carbocycles. The second-order valence-corrected chi connectivity index (χ2v) is 1.96. The fourth-order valence-corrected chi connectivity index (χ4v) is 0.710. The van der Waals surface area contributed by atoms with Crippen molar-refractivity contribution in [3.8, 4) is 0 Å². The Balaban J connectivity index is 4.31. The maximum atomic E-state index is 9.50. The van der Waals surface area contributed by atoms with Gasteiger partial charge in [0.05, 0.1) is 0 Å². The molecule has 4 nitrogen and oxygen atoms in total. The van der Waals surface area contributed by atoms with Gasteiger partial charge in [-0.15, -0.1) is 0 Å². The van der Waals surface area contributed by atoms with Crippen molar-refractivity contribution in [3.63, 3.8) is 0 Å². The largest absolute Gasteiger partial charge is 0.358 e. The Morgan fingerprint density at radius 2 is 1.82 bits per heavy atom. The number of hydrogen-bond donors (Lipinski definition) is 1. The average molecular weight is 162 g/mol. The number of rotatable bonds is 5. The van der Waals surface area contributed by atoms with Crippen molar-refractivity contribution in [1.82, 2.24) is 0 Å². The van der Waals surface area contributed by atoms with Gasteiger partial charge in [-0.25, -0.2) is 0 Å². The van der Waals surface area contributed by atoms with Gasteiger partial charge >= 0.3 is 0 Å². The first-order valence-corrected chi connectivity index (χ1v) is 3.11. The van der Waals surface area contributed by atoms with Gasteiger partial charge in [0.2, 0.25) is 12.1 Å². The molecule has 0 saturated carbocycles. The summed E-state index contributed by atoms with van der Waals surface area (Å²) in [6.07, 6.45) is 0.356. The maximum absolute atomic E-state index is 9.50. The van der Waals surface area contributed by atoms with E-state index in [4.69, 9.17) is 14.2 Å². The van der Waals surface area contributed by atoms with Crippen LogP contribution in [0.2, 0.25) is 0 Å². The van der Waals surface area contributed by atoms with Crippen LogP contribution in [0, 0.1) is 0 Å². The van der Waals surface area contributed by atoms with Crippen LogP contribution < -0.4 is 0 Å². The van der Waals surface area contributed by atoms with Crippen LogP contribution in [-0.2, 0) is 14.2 Å². The number of hydrogen-bond acceptors (Lipinski definition) is 4. The summed E-state index contributed by atoms with van der Waals surface area (Å²) in [5.74, 6) is -1.58. The van der Waals surface area contributed by atoms with Crippen LogP contribution in [0.5, 0.6) is 0 Å². The van der Waals surface area contributed by atoms with Crippen LogP contribution in [0.15, 0.2) is 12.7 Å². The van der Waals surface area contributed by atoms with Gasteiger partial charge in [-0.1, -0.05) is 6.58 Å². The van der Waals surface area contributed by atoms with Crippen LogP contribution in [0.1, 0.15) is 0 Å². The Kier molecular flexibility index (Phi) is 4.29. The highest BCUT2D eigenvalue weighted by Crippen LogP contribution is 2.15. The van der Waals surface area contributed by atoms with E-state index in [9.17, 15) is 5.11 Å². The molecule has 0 aromatic carbocycles. The molecule has 0 bridgehead atoms. The molecule has 0 aliphatic heterocycles. The molecule has 0 aromatic heterocycles. The minimum absolute atomic E-state index is 0.856. The molecule has 0 amide bonds. The van der Waals surface area contributed by atoms with E-state index in [1.807, 2.05) is 0 Å². The van der Waals surface area contributed by atoms with Crippen LogP contribution in [0.3, 0.4) is 0 Å². The predicted octanol–water partition coefficient (Wildman–Crippen LogP) is 0.126. The summed E-state index contributed by atoms with van der Waals surface area (Å²) in [5, 5.41) is 9.50. The molecule has 0 spiro atoms. The minimum Gasteiger partial charge on any atom is -0.358 e. The van der Waals surface area contributed by atoms with Gasteiger partial charge in [-0.05, 0) is 6.08 Å². The first-order valence-electron chi connectivity index (χ1n) is 3.11. The lowest BCUT2D eigenvalue weighted by atomic mass is 10.2. The van der Waals surface area contributed by atoms with Crippen molar-refractivity contribution in [2.75, 3.05) is 21.3 Å². The average Bonchev–Trinajstić information content (AvgIpc) is 2.06. The Morgan fingerprint density at radius 3 is 1.91 bits per heavy atom. The van der Waals surface area contributed by atoms with E-state index in [0.717, 1.165) is 0 Å². The molecule has 0 aliphatic rings. The van der Waals surface area contributed by atoms with E-state index >= 15 is 0 Å². The van der Waals surface area contributed by atoms with Gasteiger partial charge in [0, 0.05) is 21.3 Å². The topological polar surface area (TPSA) is 47.9 Å². The summed E-state index contributed by atoms with van der Waals surface area (Å²) >= 11 is 0. The monoisotopic (exact) mass is 162 g/mol. The van der Waals surface area contributed by atoms with E-state index in [1.54, 1.807) is 0 Å². The highest BCUT2D eigenvalue weighted by Gasteiger charge is 2.34. The van der Waals surface area contributed by atoms with Crippen molar-refractivity contribution >= 4 is 0 Å². The Hall–Kier alpha value is -0.420. The third-order valence-corrected chi connectivity index (χ3v) is 1.39. The van der Waals surface area contributed by atoms with Gasteiger partial charge in [-0.3, -0.25) is 0 Å². The highest BCUT2D eigenvalue weighted by molar-refractivity contribution is 4.90. The first kappa shape index (κ1) is 10.6. The molecular formula is C7H14O4. The smallest absolute Gasteiger partial charge is 0.237 e. The quantitative estimate of drug-likeness (QED) is 0.461. The first-order chi connectivity index (χ1) is 5.14. The zero-order valence-electron chi connectivity index (χ0n) is 7.03. The summed E-state index contributed by atoms with van der Waals surface area (Å²) in [7, 11) is 4.15. The number of methoxy groups -OCH3 is 3. The van der Waals surface area contributed by atoms with Crippen LogP contribution >= 0.6 is 0 Å². The Bertz CT molecular complexity index is 122. The zero-order chi connectivity index (χ0) is 8.91. The molecule has 0 radical (unpaired) electrons. The standard InChI is InChI=1S/C7H14O4/c1-5-7(8,11-4)6(9-2)10-3/h5-6,8H,1H2,2-4H3. The molecule has 4 heteroatoms. The zero-order valence-corrected chi connectivity index (χ0v) is 7.03. The molecule has 0 fully saturated rings. The fourth-order valence-electron chi connectivity index (χ4n) is 0.710. The normalized spacial score (nSPS) is 16.5. The summed E-state index contributed by atoms with van der Waals surface area (Å²) in [6.45, 7) is 3.39. The number of aliphatic hydroxyl groups is 1. The molecule has 11 heavy (non-hydrogen) atoms. The molecule has 1 N–H and O–H groups in total. The van der Waals surface area contributed by atoms with Crippen molar-refractivity contribution in [1.29, 1.82) is 0 Å². The Morgan fingerprint density at radius 1 is 1.36 bits per heavy atom. The molecule has 1 atom stereocenters. The van der Waals surface area contributed by atoms with Crippen molar-refractivity contribution in [2.24, 2.45) is 0 Å². The third kappa shape index (κ3) is 2.27. The lowest BCUT2D eigenvalue weighted by Crippen LogP contribution is -2.44. The summed E-state index contributed by atoms with van der Waals surface area (Å²) in [4.78, 5) is 0. The van der Waals surface area contributed by atoms with Crippen LogP contribution in [0.4, 0.5) is 0 Å². The molecule has 0 aromatic rings. The van der Waals surface area contributed by atoms with E-state index < -0.39 is 12.1 Å². The lowest BCUT2D eigenvalue weighted by molar-refractivity contribution is -0.290. The molecule has 0 heterocycles. The third-order valence-electron chi connectivity index (χ3n) is 1.39. The molecule has 1 unspecified atom stereocenters. The summed E-state index contributed by atoms with van der Waals surface area (Å²) in [5.41, 5.74) is 0. The van der Waals surface area contributed by atoms with Gasteiger partial charge < -0.3 is 19.3 Å². The van der Waals surface area contributed by atoms with Crippen molar-refractivity contribution < 1.29 is 19.3 Å². The molecule has 0 saturated heterocycles. The van der Waals surface area contributed by atoms with Crippen molar-refractivity contribution in [2.45, 2.75) is 12.1 Å². The minimum atomic E-state index is -1.58. The second kappa shape index (κ2) is 4.46. The lowest BCUT2D eigenvalue weighted by Gasteiger charge is -2.29. The predicted molar refractivity (Wildman–Crippen MR) is 40.0 cm³/mol. The van der Waals surface area contributed by atoms with Crippen LogP contribution in [0.25, 0.3) is 0 Å². The SMILES string of the molecule is C=CC(O)(OC)C(OC)OC. The molecular weight excluding hydrogens is 148 g/mol. The maximum Gasteiger partial charge on any atom is 0.237 e. The fraction of sp³-hybridized carbons (Fsp3) is 0.714. The highest BCUT2D eigenvalue weighted by atomic mass is 16.7. The second-order valence-electron chi connectivity index (χ2n) is 1.96. The van der Waals surface area contributed by atoms with Gasteiger partial charge in [0.25, 0.3) is 0 Å². The number of ether oxygens (including phenoxy) is 3. The van der Waals surface area contributed by atoms with Gasteiger partial charge in [-0.2, -0.15) is 0 Å². The van der Waals surface area contributed by atoms with Gasteiger partial charge in [0.15, 0.2) is 0 Å². The van der Waals surface area contributed by atoms with Crippen LogP contribution in [-0.4, -0.2) is 38.5 Å². The molecule has 0 rings (SSSR count). The van der Waals surface area contributed by atoms with Gasteiger partial charge in [0.1, 0.15) is 0 Å². The Labute approximate surface area is 66.4 Å². The van der Waals surface area contributed by atoms with E-state index in [-0.39, 0.29) is 0 Å². The summed E-state index contributed by atoms with van der Waals surface area (Å²) < 4.78 is 14.3. The van der Waals surface area contributed by atoms with E-state index in [2.05, 4.69) is 6.58 Å².